The first-order valence-corrected chi connectivity index (χ1v) is 5.94. The molecule has 0 aliphatic rings. The maximum atomic E-state index is 5.53. The molecule has 2 heterocycles. The first-order valence-electron chi connectivity index (χ1n) is 5.94. The SMILES string of the molecule is c1ccc(-c2nnc(NCc3ccccn3)o2)cc1. The largest absolute Gasteiger partial charge is 0.403 e. The molecule has 1 N–H and O–H groups in total. The summed E-state index contributed by atoms with van der Waals surface area (Å²) in [6, 6.07) is 15.8. The fourth-order valence-corrected chi connectivity index (χ4v) is 1.66. The molecule has 1 aromatic carbocycles. The van der Waals surface area contributed by atoms with Crippen LogP contribution in [0, 0.1) is 0 Å². The zero-order valence-electron chi connectivity index (χ0n) is 10.2. The Kier molecular flexibility index (Phi) is 3.18. The molecule has 3 rings (SSSR count). The van der Waals surface area contributed by atoms with Gasteiger partial charge in [0, 0.05) is 11.8 Å². The van der Waals surface area contributed by atoms with Gasteiger partial charge in [0.05, 0.1) is 12.2 Å². The highest BCUT2D eigenvalue weighted by atomic mass is 16.4. The van der Waals surface area contributed by atoms with E-state index in [0.29, 0.717) is 18.5 Å². The molecule has 2 aromatic heterocycles. The third-order valence-corrected chi connectivity index (χ3v) is 2.59. The number of pyridine rings is 1. The van der Waals surface area contributed by atoms with E-state index in [2.05, 4.69) is 20.5 Å². The molecule has 5 nitrogen and oxygen atoms in total. The molecule has 0 amide bonds. The van der Waals surface area contributed by atoms with Crippen molar-refractivity contribution in [1.82, 2.24) is 15.2 Å². The fraction of sp³-hybridized carbons (Fsp3) is 0.0714. The number of nitrogens with one attached hydrogen (secondary N) is 1. The first kappa shape index (κ1) is 11.4. The van der Waals surface area contributed by atoms with Crippen LogP contribution in [-0.2, 0) is 6.54 Å². The van der Waals surface area contributed by atoms with Gasteiger partial charge in [0.25, 0.3) is 0 Å². The molecule has 0 fully saturated rings. The minimum atomic E-state index is 0.393. The summed E-state index contributed by atoms with van der Waals surface area (Å²) in [6.07, 6.45) is 1.75. The van der Waals surface area contributed by atoms with Gasteiger partial charge in [-0.2, -0.15) is 0 Å². The standard InChI is InChI=1S/C14H12N4O/c1-2-6-11(7-3-1)13-17-18-14(19-13)16-10-12-8-4-5-9-15-12/h1-9H,10H2,(H,16,18). The monoisotopic (exact) mass is 252 g/mol. The van der Waals surface area contributed by atoms with Crippen molar-refractivity contribution in [3.05, 3.63) is 60.4 Å². The quantitative estimate of drug-likeness (QED) is 0.773. The van der Waals surface area contributed by atoms with Crippen LogP contribution in [0.1, 0.15) is 5.69 Å². The Morgan fingerprint density at radius 1 is 0.947 bits per heavy atom. The Bertz CT molecular complexity index is 637. The van der Waals surface area contributed by atoms with Crippen LogP contribution < -0.4 is 5.32 Å². The van der Waals surface area contributed by atoms with Crippen molar-refractivity contribution in [1.29, 1.82) is 0 Å². The van der Waals surface area contributed by atoms with Crippen molar-refractivity contribution in [2.45, 2.75) is 6.54 Å². The van der Waals surface area contributed by atoms with Gasteiger partial charge in [-0.1, -0.05) is 29.4 Å². The molecule has 0 aliphatic heterocycles. The van der Waals surface area contributed by atoms with Crippen molar-refractivity contribution in [3.63, 3.8) is 0 Å². The van der Waals surface area contributed by atoms with Crippen LogP contribution in [0.25, 0.3) is 11.5 Å². The molecule has 0 spiro atoms. The van der Waals surface area contributed by atoms with Gasteiger partial charge in [-0.15, -0.1) is 5.10 Å². The number of anilines is 1. The lowest BCUT2D eigenvalue weighted by atomic mass is 10.2. The zero-order chi connectivity index (χ0) is 12.9. The van der Waals surface area contributed by atoms with Gasteiger partial charge in [-0.3, -0.25) is 4.98 Å². The Labute approximate surface area is 110 Å². The van der Waals surface area contributed by atoms with Gasteiger partial charge in [0.2, 0.25) is 5.89 Å². The van der Waals surface area contributed by atoms with Crippen LogP contribution in [0.15, 0.2) is 59.1 Å². The van der Waals surface area contributed by atoms with Gasteiger partial charge in [0.1, 0.15) is 0 Å². The van der Waals surface area contributed by atoms with Crippen molar-refractivity contribution in [3.8, 4) is 11.5 Å². The highest BCUT2D eigenvalue weighted by molar-refractivity contribution is 5.52. The summed E-state index contributed by atoms with van der Waals surface area (Å²) < 4.78 is 5.53. The smallest absolute Gasteiger partial charge is 0.316 e. The average Bonchev–Trinajstić information content (AvgIpc) is 2.96. The summed E-state index contributed by atoms with van der Waals surface area (Å²) in [6.45, 7) is 0.553. The van der Waals surface area contributed by atoms with E-state index in [0.717, 1.165) is 11.3 Å². The van der Waals surface area contributed by atoms with E-state index < -0.39 is 0 Å². The predicted octanol–water partition coefficient (Wildman–Crippen LogP) is 2.74. The van der Waals surface area contributed by atoms with E-state index in [1.54, 1.807) is 6.20 Å². The second-order valence-corrected chi connectivity index (χ2v) is 3.95. The molecule has 0 unspecified atom stereocenters. The topological polar surface area (TPSA) is 63.8 Å². The summed E-state index contributed by atoms with van der Waals surface area (Å²) in [5, 5.41) is 11.0. The van der Waals surface area contributed by atoms with Gasteiger partial charge in [0.15, 0.2) is 0 Å². The normalized spacial score (nSPS) is 10.3. The van der Waals surface area contributed by atoms with Crippen molar-refractivity contribution in [2.75, 3.05) is 5.32 Å². The molecule has 0 atom stereocenters. The molecule has 5 heteroatoms. The lowest BCUT2D eigenvalue weighted by Crippen LogP contribution is -2.01. The molecule has 0 bridgehead atoms. The van der Waals surface area contributed by atoms with Crippen LogP contribution in [-0.4, -0.2) is 15.2 Å². The summed E-state index contributed by atoms with van der Waals surface area (Å²) in [5.74, 6) is 0.504. The van der Waals surface area contributed by atoms with Crippen LogP contribution >= 0.6 is 0 Å². The highest BCUT2D eigenvalue weighted by Gasteiger charge is 2.07. The van der Waals surface area contributed by atoms with Crippen LogP contribution in [0.2, 0.25) is 0 Å². The summed E-state index contributed by atoms with van der Waals surface area (Å²) in [4.78, 5) is 4.21. The highest BCUT2D eigenvalue weighted by Crippen LogP contribution is 2.19. The van der Waals surface area contributed by atoms with E-state index in [9.17, 15) is 0 Å². The van der Waals surface area contributed by atoms with Crippen molar-refractivity contribution < 1.29 is 4.42 Å². The van der Waals surface area contributed by atoms with Crippen molar-refractivity contribution >= 4 is 6.01 Å². The maximum absolute atomic E-state index is 5.53. The number of rotatable bonds is 4. The molecular weight excluding hydrogens is 240 g/mol. The van der Waals surface area contributed by atoms with E-state index in [4.69, 9.17) is 4.42 Å². The maximum Gasteiger partial charge on any atom is 0.316 e. The van der Waals surface area contributed by atoms with Gasteiger partial charge >= 0.3 is 6.01 Å². The number of benzene rings is 1. The van der Waals surface area contributed by atoms with Gasteiger partial charge in [-0.25, -0.2) is 0 Å². The van der Waals surface area contributed by atoms with E-state index in [1.807, 2.05) is 48.5 Å². The minimum absolute atomic E-state index is 0.393. The molecule has 0 saturated carbocycles. The van der Waals surface area contributed by atoms with Crippen LogP contribution in [0.3, 0.4) is 0 Å². The molecule has 0 radical (unpaired) electrons. The molecular formula is C14H12N4O. The Morgan fingerprint density at radius 3 is 2.58 bits per heavy atom. The van der Waals surface area contributed by atoms with Gasteiger partial charge in [-0.05, 0) is 24.3 Å². The Balaban J connectivity index is 1.69. The summed E-state index contributed by atoms with van der Waals surface area (Å²) in [5.41, 5.74) is 1.82. The summed E-state index contributed by atoms with van der Waals surface area (Å²) >= 11 is 0. The Hall–Kier alpha value is -2.69. The lowest BCUT2D eigenvalue weighted by molar-refractivity contribution is 0.580. The molecule has 3 aromatic rings. The van der Waals surface area contributed by atoms with E-state index in [1.165, 1.54) is 0 Å². The summed E-state index contributed by atoms with van der Waals surface area (Å²) in [7, 11) is 0. The third kappa shape index (κ3) is 2.77. The molecule has 94 valence electrons. The fourth-order valence-electron chi connectivity index (χ4n) is 1.66. The number of nitrogens with zero attached hydrogens (tertiary/aromatic N) is 3. The van der Waals surface area contributed by atoms with E-state index in [-0.39, 0.29) is 0 Å². The molecule has 19 heavy (non-hydrogen) atoms. The van der Waals surface area contributed by atoms with Crippen LogP contribution in [0.5, 0.6) is 0 Å². The lowest BCUT2D eigenvalue weighted by Gasteiger charge is -1.99. The van der Waals surface area contributed by atoms with Crippen LogP contribution in [0.4, 0.5) is 6.01 Å². The average molecular weight is 252 g/mol. The number of hydrogen-bond donors (Lipinski definition) is 1. The zero-order valence-corrected chi connectivity index (χ0v) is 10.2. The van der Waals surface area contributed by atoms with Gasteiger partial charge < -0.3 is 9.73 Å². The first-order chi connectivity index (χ1) is 9.42. The third-order valence-electron chi connectivity index (χ3n) is 2.59. The number of aromatic nitrogens is 3. The van der Waals surface area contributed by atoms with E-state index >= 15 is 0 Å². The second kappa shape index (κ2) is 5.30. The molecule has 0 saturated heterocycles. The minimum Gasteiger partial charge on any atom is -0.403 e. The molecule has 0 aliphatic carbocycles. The number of hydrogen-bond acceptors (Lipinski definition) is 5. The Morgan fingerprint density at radius 2 is 1.79 bits per heavy atom. The predicted molar refractivity (Wildman–Crippen MR) is 71.3 cm³/mol. The van der Waals surface area contributed by atoms with Crippen molar-refractivity contribution in [2.24, 2.45) is 0 Å². The second-order valence-electron chi connectivity index (χ2n) is 3.95.